The molecule has 6 heteroatoms. The molecule has 0 heterocycles. The number of halogens is 3. The average Bonchev–Trinajstić information content (AvgIpc) is 1.79. The standard InChI is InChI=1S/C6H16Cl3NSi2/c1-5(2)10(6(3)4)11-12(7,8)9/h5-6H,11H2,1-4H3. The van der Waals surface area contributed by atoms with E-state index in [0.29, 0.717) is 12.1 Å². The summed E-state index contributed by atoms with van der Waals surface area (Å²) < 4.78 is 2.35. The fraction of sp³-hybridized carbons (Fsp3) is 1.00. The lowest BCUT2D eigenvalue weighted by Crippen LogP contribution is -2.47. The minimum atomic E-state index is -2.36. The van der Waals surface area contributed by atoms with Crippen molar-refractivity contribution in [3.8, 4) is 0 Å². The van der Waals surface area contributed by atoms with Gasteiger partial charge in [-0.05, 0) is 12.1 Å². The third kappa shape index (κ3) is 5.83. The Labute approximate surface area is 92.2 Å². The monoisotopic (exact) mass is 263 g/mol. The highest BCUT2D eigenvalue weighted by molar-refractivity contribution is 7.82. The van der Waals surface area contributed by atoms with E-state index in [-0.39, 0.29) is 0 Å². The topological polar surface area (TPSA) is 3.24 Å². The Morgan fingerprint density at radius 2 is 1.33 bits per heavy atom. The van der Waals surface area contributed by atoms with Crippen molar-refractivity contribution in [3.05, 3.63) is 0 Å². The molecule has 0 aliphatic rings. The van der Waals surface area contributed by atoms with Crippen molar-refractivity contribution < 1.29 is 0 Å². The van der Waals surface area contributed by atoms with Crippen molar-refractivity contribution in [2.45, 2.75) is 39.8 Å². The van der Waals surface area contributed by atoms with E-state index in [1.807, 2.05) is 0 Å². The van der Waals surface area contributed by atoms with E-state index in [1.54, 1.807) is 0 Å². The fourth-order valence-electron chi connectivity index (χ4n) is 1.17. The van der Waals surface area contributed by atoms with Gasteiger partial charge in [-0.1, -0.05) is 27.7 Å². The smallest absolute Gasteiger partial charge is 0.323 e. The maximum Gasteiger partial charge on any atom is 0.333 e. The van der Waals surface area contributed by atoms with E-state index in [0.717, 1.165) is 0 Å². The van der Waals surface area contributed by atoms with Gasteiger partial charge in [0.25, 0.3) is 0 Å². The van der Waals surface area contributed by atoms with E-state index in [9.17, 15) is 0 Å². The Morgan fingerprint density at radius 1 is 1.00 bits per heavy atom. The third-order valence-corrected chi connectivity index (χ3v) is 9.27. The molecule has 0 aromatic carbocycles. The maximum atomic E-state index is 5.91. The molecule has 1 nitrogen and oxygen atoms in total. The molecular weight excluding hydrogens is 249 g/mol. The maximum absolute atomic E-state index is 5.91. The Balaban J connectivity index is 4.15. The Hall–Kier alpha value is 1.26. The zero-order chi connectivity index (χ0) is 9.94. The summed E-state index contributed by atoms with van der Waals surface area (Å²) in [6.07, 6.45) is 0. The van der Waals surface area contributed by atoms with Gasteiger partial charge in [-0.3, -0.25) is 0 Å². The molecule has 0 aromatic heterocycles. The normalized spacial score (nSPS) is 14.5. The quantitative estimate of drug-likeness (QED) is 0.557. The molecule has 0 aliphatic heterocycles. The van der Waals surface area contributed by atoms with Gasteiger partial charge in [0, 0.05) is 0 Å². The van der Waals surface area contributed by atoms with Gasteiger partial charge in [-0.25, -0.2) is 0 Å². The Bertz CT molecular complexity index is 127. The molecule has 0 rings (SSSR count). The van der Waals surface area contributed by atoms with Crippen LogP contribution >= 0.6 is 33.2 Å². The molecule has 0 amide bonds. The van der Waals surface area contributed by atoms with Crippen molar-refractivity contribution in [3.63, 3.8) is 0 Å². The molecule has 0 spiro atoms. The summed E-state index contributed by atoms with van der Waals surface area (Å²) in [6.45, 7) is 8.60. The molecule has 74 valence electrons. The van der Waals surface area contributed by atoms with Crippen LogP contribution in [-0.2, 0) is 0 Å². The van der Waals surface area contributed by atoms with E-state index in [4.69, 9.17) is 33.2 Å². The number of rotatable bonds is 4. The van der Waals surface area contributed by atoms with Gasteiger partial charge in [0.1, 0.15) is 9.20 Å². The van der Waals surface area contributed by atoms with Crippen LogP contribution in [0, 0.1) is 0 Å². The molecule has 0 atom stereocenters. The molecule has 0 saturated carbocycles. The van der Waals surface area contributed by atoms with Crippen molar-refractivity contribution in [1.82, 2.24) is 4.57 Å². The molecule has 0 bridgehead atoms. The second kappa shape index (κ2) is 5.22. The summed E-state index contributed by atoms with van der Waals surface area (Å²) in [5.41, 5.74) is -2.36. The zero-order valence-electron chi connectivity index (χ0n) is 7.94. The van der Waals surface area contributed by atoms with Crippen molar-refractivity contribution >= 4 is 48.0 Å². The summed E-state index contributed by atoms with van der Waals surface area (Å²) in [5.74, 6) is 0. The fourth-order valence-corrected chi connectivity index (χ4v) is 9.47. The van der Waals surface area contributed by atoms with E-state index >= 15 is 0 Å². The molecule has 0 radical (unpaired) electrons. The lowest BCUT2D eigenvalue weighted by atomic mass is 10.3. The summed E-state index contributed by atoms with van der Waals surface area (Å²) in [5, 5.41) is 0. The van der Waals surface area contributed by atoms with E-state index in [2.05, 4.69) is 32.3 Å². The molecular formula is C6H16Cl3NSi2. The Morgan fingerprint density at radius 3 is 1.42 bits per heavy atom. The Kier molecular flexibility index (Phi) is 5.77. The number of nitrogens with zero attached hydrogens (tertiary/aromatic N) is 1. The summed E-state index contributed by atoms with van der Waals surface area (Å²) in [4.78, 5) is 0. The predicted molar refractivity (Wildman–Crippen MR) is 64.0 cm³/mol. The largest absolute Gasteiger partial charge is 0.333 e. The van der Waals surface area contributed by atoms with Gasteiger partial charge in [0.05, 0.1) is 0 Å². The average molecular weight is 265 g/mol. The van der Waals surface area contributed by atoms with Gasteiger partial charge < -0.3 is 4.57 Å². The molecule has 0 fully saturated rings. The first kappa shape index (κ1) is 13.3. The van der Waals surface area contributed by atoms with Crippen LogP contribution in [0.15, 0.2) is 0 Å². The van der Waals surface area contributed by atoms with Crippen LogP contribution in [0.3, 0.4) is 0 Å². The third-order valence-electron chi connectivity index (χ3n) is 1.69. The van der Waals surface area contributed by atoms with Crippen LogP contribution in [0.1, 0.15) is 27.7 Å². The van der Waals surface area contributed by atoms with Crippen LogP contribution in [0.4, 0.5) is 0 Å². The summed E-state index contributed by atoms with van der Waals surface area (Å²) >= 11 is 17.7. The van der Waals surface area contributed by atoms with Crippen LogP contribution in [0.5, 0.6) is 0 Å². The molecule has 0 saturated heterocycles. The first-order valence-corrected chi connectivity index (χ1v) is 12.1. The summed E-state index contributed by atoms with van der Waals surface area (Å²) in [7, 11) is -0.663. The predicted octanol–water partition coefficient (Wildman–Crippen LogP) is 2.34. The van der Waals surface area contributed by atoms with Crippen molar-refractivity contribution in [2.24, 2.45) is 0 Å². The highest BCUT2D eigenvalue weighted by atomic mass is 35.8. The minimum absolute atomic E-state index is 0.500. The molecule has 0 aromatic rings. The highest BCUT2D eigenvalue weighted by Crippen LogP contribution is 2.21. The van der Waals surface area contributed by atoms with E-state index in [1.165, 1.54) is 0 Å². The first-order chi connectivity index (χ1) is 5.24. The highest BCUT2D eigenvalue weighted by Gasteiger charge is 2.31. The van der Waals surface area contributed by atoms with Gasteiger partial charge in [0.15, 0.2) is 0 Å². The second-order valence-electron chi connectivity index (χ2n) is 3.48. The van der Waals surface area contributed by atoms with Crippen LogP contribution in [0.2, 0.25) is 0 Å². The molecule has 12 heavy (non-hydrogen) atoms. The molecule has 0 N–H and O–H groups in total. The number of hydrogen-bond acceptors (Lipinski definition) is 1. The molecule has 0 unspecified atom stereocenters. The minimum Gasteiger partial charge on any atom is -0.323 e. The second-order valence-corrected chi connectivity index (χ2v) is 21.5. The van der Waals surface area contributed by atoms with Crippen molar-refractivity contribution in [2.75, 3.05) is 0 Å². The van der Waals surface area contributed by atoms with Crippen LogP contribution in [-0.4, -0.2) is 31.4 Å². The van der Waals surface area contributed by atoms with E-state index < -0.39 is 14.7 Å². The van der Waals surface area contributed by atoms with Crippen LogP contribution < -0.4 is 0 Å². The zero-order valence-corrected chi connectivity index (χ0v) is 12.6. The van der Waals surface area contributed by atoms with Crippen molar-refractivity contribution in [1.29, 1.82) is 0 Å². The summed E-state index contributed by atoms with van der Waals surface area (Å²) in [6, 6.07) is 1.000. The lowest BCUT2D eigenvalue weighted by molar-refractivity contribution is 0.317. The molecule has 0 aliphatic carbocycles. The van der Waals surface area contributed by atoms with Gasteiger partial charge >= 0.3 is 5.52 Å². The SMILES string of the molecule is CC(C)N([SiH2][Si](Cl)(Cl)Cl)C(C)C. The van der Waals surface area contributed by atoms with Gasteiger partial charge in [-0.2, -0.15) is 0 Å². The van der Waals surface area contributed by atoms with Crippen LogP contribution in [0.25, 0.3) is 0 Å². The lowest BCUT2D eigenvalue weighted by Gasteiger charge is -2.32. The van der Waals surface area contributed by atoms with Gasteiger partial charge in [-0.15, -0.1) is 33.2 Å². The first-order valence-electron chi connectivity index (χ1n) is 4.06. The number of hydrogen-bond donors (Lipinski definition) is 0. The van der Waals surface area contributed by atoms with Gasteiger partial charge in [0.2, 0.25) is 0 Å².